The van der Waals surface area contributed by atoms with Gasteiger partial charge in [0.1, 0.15) is 0 Å². The van der Waals surface area contributed by atoms with E-state index in [1.807, 2.05) is 0 Å². The minimum absolute atomic E-state index is 0.0868. The summed E-state index contributed by atoms with van der Waals surface area (Å²) in [6.07, 6.45) is 1.44. The molecule has 8 heteroatoms. The van der Waals surface area contributed by atoms with E-state index in [0.29, 0.717) is 5.52 Å². The summed E-state index contributed by atoms with van der Waals surface area (Å²) in [5.41, 5.74) is -4.81. The standard InChI is InChI=1S/C10H7ClF2NO3P/c11-8-5-7(10(12,13)18(15,16)17)4-6-2-1-3-14-9(6)8/h1-5H,(H2,15,16,17). The van der Waals surface area contributed by atoms with E-state index >= 15 is 0 Å². The molecule has 1 aromatic heterocycles. The highest BCUT2D eigenvalue weighted by atomic mass is 35.5. The lowest BCUT2D eigenvalue weighted by molar-refractivity contribution is 0.0566. The van der Waals surface area contributed by atoms with Gasteiger partial charge >= 0.3 is 13.3 Å². The summed E-state index contributed by atoms with van der Waals surface area (Å²) in [6.45, 7) is 0. The molecule has 0 aliphatic heterocycles. The summed E-state index contributed by atoms with van der Waals surface area (Å²) in [5.74, 6) is 0. The van der Waals surface area contributed by atoms with Crippen molar-refractivity contribution in [3.63, 3.8) is 0 Å². The fourth-order valence-electron chi connectivity index (χ4n) is 1.49. The molecular weight excluding hydrogens is 287 g/mol. The quantitative estimate of drug-likeness (QED) is 0.835. The Labute approximate surface area is 105 Å². The lowest BCUT2D eigenvalue weighted by Crippen LogP contribution is -2.13. The summed E-state index contributed by atoms with van der Waals surface area (Å²) >= 11 is 5.77. The van der Waals surface area contributed by atoms with Crippen LogP contribution in [0.3, 0.4) is 0 Å². The summed E-state index contributed by atoms with van der Waals surface area (Å²) in [4.78, 5) is 21.2. The Hall–Kier alpha value is -1.07. The van der Waals surface area contributed by atoms with Gasteiger partial charge in [-0.05, 0) is 18.2 Å². The van der Waals surface area contributed by atoms with E-state index in [2.05, 4.69) is 4.98 Å². The van der Waals surface area contributed by atoms with E-state index in [4.69, 9.17) is 21.4 Å². The van der Waals surface area contributed by atoms with E-state index in [0.717, 1.165) is 12.1 Å². The number of aromatic nitrogens is 1. The van der Waals surface area contributed by atoms with Gasteiger partial charge in [-0.1, -0.05) is 17.7 Å². The highest BCUT2D eigenvalue weighted by Crippen LogP contribution is 2.59. The summed E-state index contributed by atoms with van der Waals surface area (Å²) < 4.78 is 37.8. The van der Waals surface area contributed by atoms with Gasteiger partial charge in [-0.15, -0.1) is 0 Å². The Kier molecular flexibility index (Phi) is 3.15. The Morgan fingerprint density at radius 3 is 2.61 bits per heavy atom. The average molecular weight is 294 g/mol. The van der Waals surface area contributed by atoms with Crippen LogP contribution in [-0.4, -0.2) is 14.8 Å². The van der Waals surface area contributed by atoms with E-state index in [9.17, 15) is 13.3 Å². The van der Waals surface area contributed by atoms with Gasteiger partial charge in [0.15, 0.2) is 0 Å². The van der Waals surface area contributed by atoms with Crippen molar-refractivity contribution in [2.24, 2.45) is 0 Å². The summed E-state index contributed by atoms with van der Waals surface area (Å²) in [7, 11) is -5.60. The molecule has 4 nitrogen and oxygen atoms in total. The average Bonchev–Trinajstić information content (AvgIpc) is 2.27. The van der Waals surface area contributed by atoms with Crippen molar-refractivity contribution < 1.29 is 23.1 Å². The monoisotopic (exact) mass is 293 g/mol. The van der Waals surface area contributed by atoms with E-state index in [1.165, 1.54) is 18.3 Å². The maximum absolute atomic E-state index is 13.5. The van der Waals surface area contributed by atoms with Crippen LogP contribution in [0.15, 0.2) is 30.5 Å². The highest BCUT2D eigenvalue weighted by molar-refractivity contribution is 7.52. The molecule has 1 heterocycles. The van der Waals surface area contributed by atoms with Crippen molar-refractivity contribution in [2.45, 2.75) is 5.66 Å². The second-order valence-electron chi connectivity index (χ2n) is 3.62. The van der Waals surface area contributed by atoms with Gasteiger partial charge < -0.3 is 9.79 Å². The fourth-order valence-corrected chi connectivity index (χ4v) is 2.23. The topological polar surface area (TPSA) is 70.4 Å². The molecule has 18 heavy (non-hydrogen) atoms. The summed E-state index contributed by atoms with van der Waals surface area (Å²) in [6, 6.07) is 4.77. The summed E-state index contributed by atoms with van der Waals surface area (Å²) in [5, 5.41) is 0.198. The molecule has 0 radical (unpaired) electrons. The minimum atomic E-state index is -5.60. The predicted octanol–water partition coefficient (Wildman–Crippen LogP) is 3.12. The van der Waals surface area contributed by atoms with E-state index < -0.39 is 18.8 Å². The van der Waals surface area contributed by atoms with Crippen molar-refractivity contribution >= 4 is 30.1 Å². The van der Waals surface area contributed by atoms with Gasteiger partial charge in [0.2, 0.25) is 0 Å². The molecule has 0 amide bonds. The molecule has 96 valence electrons. The Bertz CT molecular complexity index is 659. The third-order valence-corrected chi connectivity index (χ3v) is 3.65. The van der Waals surface area contributed by atoms with Crippen LogP contribution in [0.4, 0.5) is 8.78 Å². The van der Waals surface area contributed by atoms with Crippen molar-refractivity contribution in [1.29, 1.82) is 0 Å². The van der Waals surface area contributed by atoms with Crippen LogP contribution >= 0.6 is 19.2 Å². The molecule has 0 atom stereocenters. The molecule has 2 N–H and O–H groups in total. The first-order chi connectivity index (χ1) is 8.23. The number of halogens is 3. The molecule has 0 unspecified atom stereocenters. The first-order valence-corrected chi connectivity index (χ1v) is 6.71. The zero-order chi connectivity index (χ0) is 13.6. The van der Waals surface area contributed by atoms with Crippen molar-refractivity contribution in [3.8, 4) is 0 Å². The number of fused-ring (bicyclic) bond motifs is 1. The zero-order valence-electron chi connectivity index (χ0n) is 8.72. The number of rotatable bonds is 2. The SMILES string of the molecule is O=P(O)(O)C(F)(F)c1cc(Cl)c2ncccc2c1. The number of hydrogen-bond acceptors (Lipinski definition) is 2. The third kappa shape index (κ3) is 2.12. The zero-order valence-corrected chi connectivity index (χ0v) is 10.4. The van der Waals surface area contributed by atoms with Crippen LogP contribution in [0.1, 0.15) is 5.56 Å². The highest BCUT2D eigenvalue weighted by Gasteiger charge is 2.50. The molecule has 0 bridgehead atoms. The number of pyridine rings is 1. The van der Waals surface area contributed by atoms with E-state index in [-0.39, 0.29) is 10.4 Å². The Morgan fingerprint density at radius 2 is 2.00 bits per heavy atom. The molecule has 2 aromatic rings. The lowest BCUT2D eigenvalue weighted by Gasteiger charge is -2.18. The number of hydrogen-bond donors (Lipinski definition) is 2. The maximum Gasteiger partial charge on any atom is 0.399 e. The number of benzene rings is 1. The maximum atomic E-state index is 13.5. The molecule has 2 rings (SSSR count). The Balaban J connectivity index is 2.71. The smallest absolute Gasteiger partial charge is 0.320 e. The van der Waals surface area contributed by atoms with Crippen molar-refractivity contribution in [3.05, 3.63) is 41.0 Å². The first-order valence-electron chi connectivity index (χ1n) is 4.71. The lowest BCUT2D eigenvalue weighted by atomic mass is 10.1. The van der Waals surface area contributed by atoms with Crippen LogP contribution in [0.25, 0.3) is 10.9 Å². The normalized spacial score (nSPS) is 12.9. The van der Waals surface area contributed by atoms with Crippen LogP contribution < -0.4 is 0 Å². The third-order valence-electron chi connectivity index (χ3n) is 2.37. The van der Waals surface area contributed by atoms with E-state index in [1.54, 1.807) is 0 Å². The second kappa shape index (κ2) is 4.24. The molecular formula is C10H7ClF2NO3P. The van der Waals surface area contributed by atoms with Gasteiger partial charge in [-0.2, -0.15) is 8.78 Å². The van der Waals surface area contributed by atoms with Crippen LogP contribution in [0.5, 0.6) is 0 Å². The fraction of sp³-hybridized carbons (Fsp3) is 0.100. The Morgan fingerprint density at radius 1 is 1.33 bits per heavy atom. The first kappa shape index (κ1) is 13.4. The van der Waals surface area contributed by atoms with Crippen LogP contribution in [-0.2, 0) is 10.2 Å². The van der Waals surface area contributed by atoms with Gasteiger partial charge in [0, 0.05) is 17.1 Å². The second-order valence-corrected chi connectivity index (χ2v) is 5.68. The molecule has 0 fully saturated rings. The minimum Gasteiger partial charge on any atom is -0.320 e. The van der Waals surface area contributed by atoms with Crippen LogP contribution in [0, 0.1) is 0 Å². The molecule has 0 spiro atoms. The van der Waals surface area contributed by atoms with Gasteiger partial charge in [-0.3, -0.25) is 9.55 Å². The van der Waals surface area contributed by atoms with Gasteiger partial charge in [0.25, 0.3) is 0 Å². The molecule has 0 aliphatic rings. The van der Waals surface area contributed by atoms with Gasteiger partial charge in [-0.25, -0.2) is 0 Å². The molecule has 1 aromatic carbocycles. The van der Waals surface area contributed by atoms with Gasteiger partial charge in [0.05, 0.1) is 10.5 Å². The molecule has 0 aliphatic carbocycles. The predicted molar refractivity (Wildman–Crippen MR) is 62.7 cm³/mol. The molecule has 0 saturated carbocycles. The number of alkyl halides is 2. The number of nitrogens with zero attached hydrogens (tertiary/aromatic N) is 1. The van der Waals surface area contributed by atoms with Crippen molar-refractivity contribution in [1.82, 2.24) is 4.98 Å². The van der Waals surface area contributed by atoms with Crippen LogP contribution in [0.2, 0.25) is 5.02 Å². The largest absolute Gasteiger partial charge is 0.399 e. The molecule has 0 saturated heterocycles. The van der Waals surface area contributed by atoms with Crippen molar-refractivity contribution in [2.75, 3.05) is 0 Å².